The lowest BCUT2D eigenvalue weighted by Gasteiger charge is -2.09. The number of carbonyl (C=O) groups is 1. The second-order valence-electron chi connectivity index (χ2n) is 3.61. The Morgan fingerprint density at radius 3 is 2.81 bits per heavy atom. The van der Waals surface area contributed by atoms with Crippen LogP contribution in [-0.4, -0.2) is 11.2 Å². The second-order valence-corrected chi connectivity index (χ2v) is 5.25. The van der Waals surface area contributed by atoms with Crippen molar-refractivity contribution in [3.05, 3.63) is 28.2 Å². The molecule has 0 unspecified atom stereocenters. The molecule has 1 aromatic carbocycles. The second kappa shape index (κ2) is 7.07. The molecule has 0 fully saturated rings. The first-order chi connectivity index (χ1) is 7.65. The average molecular weight is 349 g/mol. The SMILES string of the molecule is Cc1c(Br)cccc1NC(=O)CCCCBr. The first-order valence-electron chi connectivity index (χ1n) is 5.26. The summed E-state index contributed by atoms with van der Waals surface area (Å²) < 4.78 is 1.02. The van der Waals surface area contributed by atoms with E-state index in [-0.39, 0.29) is 5.91 Å². The molecule has 0 spiro atoms. The third-order valence-corrected chi connectivity index (χ3v) is 3.75. The van der Waals surface area contributed by atoms with Gasteiger partial charge in [0.2, 0.25) is 5.91 Å². The van der Waals surface area contributed by atoms with E-state index >= 15 is 0 Å². The van der Waals surface area contributed by atoms with Crippen LogP contribution in [0.3, 0.4) is 0 Å². The highest BCUT2D eigenvalue weighted by molar-refractivity contribution is 9.10. The van der Waals surface area contributed by atoms with Crippen molar-refractivity contribution in [1.29, 1.82) is 0 Å². The Morgan fingerprint density at radius 1 is 1.38 bits per heavy atom. The monoisotopic (exact) mass is 347 g/mol. The molecule has 88 valence electrons. The van der Waals surface area contributed by atoms with Gasteiger partial charge in [-0.1, -0.05) is 37.9 Å². The van der Waals surface area contributed by atoms with Crippen molar-refractivity contribution in [2.45, 2.75) is 26.2 Å². The number of halogens is 2. The van der Waals surface area contributed by atoms with Crippen LogP contribution < -0.4 is 5.32 Å². The molecule has 16 heavy (non-hydrogen) atoms. The predicted molar refractivity (Wildman–Crippen MR) is 75.2 cm³/mol. The van der Waals surface area contributed by atoms with Gasteiger partial charge < -0.3 is 5.32 Å². The van der Waals surface area contributed by atoms with Crippen LogP contribution in [0.1, 0.15) is 24.8 Å². The van der Waals surface area contributed by atoms with Gasteiger partial charge in [-0.25, -0.2) is 0 Å². The number of carbonyl (C=O) groups excluding carboxylic acids is 1. The Labute approximate surface area is 113 Å². The van der Waals surface area contributed by atoms with Crippen LogP contribution in [0, 0.1) is 6.92 Å². The maximum atomic E-state index is 11.6. The highest BCUT2D eigenvalue weighted by Gasteiger charge is 2.05. The van der Waals surface area contributed by atoms with Crippen molar-refractivity contribution in [2.75, 3.05) is 10.6 Å². The molecule has 0 radical (unpaired) electrons. The van der Waals surface area contributed by atoms with Crippen LogP contribution in [0.5, 0.6) is 0 Å². The van der Waals surface area contributed by atoms with Crippen LogP contribution >= 0.6 is 31.9 Å². The van der Waals surface area contributed by atoms with Crippen LogP contribution in [0.4, 0.5) is 5.69 Å². The summed E-state index contributed by atoms with van der Waals surface area (Å²) in [7, 11) is 0. The van der Waals surface area contributed by atoms with Crippen LogP contribution in [0.15, 0.2) is 22.7 Å². The van der Waals surface area contributed by atoms with E-state index in [4.69, 9.17) is 0 Å². The first kappa shape index (κ1) is 13.7. The molecule has 0 aliphatic rings. The molecule has 0 heterocycles. The van der Waals surface area contributed by atoms with Gasteiger partial charge >= 0.3 is 0 Å². The van der Waals surface area contributed by atoms with E-state index in [9.17, 15) is 4.79 Å². The number of benzene rings is 1. The highest BCUT2D eigenvalue weighted by atomic mass is 79.9. The van der Waals surface area contributed by atoms with E-state index in [0.717, 1.165) is 33.9 Å². The quantitative estimate of drug-likeness (QED) is 0.625. The van der Waals surface area contributed by atoms with Crippen LogP contribution in [0.2, 0.25) is 0 Å². The molecule has 1 N–H and O–H groups in total. The molecule has 1 amide bonds. The normalized spacial score (nSPS) is 10.2. The van der Waals surface area contributed by atoms with Crippen molar-refractivity contribution >= 4 is 43.5 Å². The van der Waals surface area contributed by atoms with E-state index in [2.05, 4.69) is 37.2 Å². The van der Waals surface area contributed by atoms with Crippen molar-refractivity contribution in [1.82, 2.24) is 0 Å². The van der Waals surface area contributed by atoms with Gasteiger partial charge in [0.15, 0.2) is 0 Å². The number of anilines is 1. The molecule has 0 saturated heterocycles. The van der Waals surface area contributed by atoms with Crippen molar-refractivity contribution in [2.24, 2.45) is 0 Å². The molecule has 0 saturated carbocycles. The van der Waals surface area contributed by atoms with Crippen LogP contribution in [-0.2, 0) is 4.79 Å². The van der Waals surface area contributed by atoms with E-state index in [1.54, 1.807) is 0 Å². The number of hydrogen-bond acceptors (Lipinski definition) is 1. The minimum Gasteiger partial charge on any atom is -0.326 e. The number of nitrogens with one attached hydrogen (secondary N) is 1. The van der Waals surface area contributed by atoms with E-state index < -0.39 is 0 Å². The summed E-state index contributed by atoms with van der Waals surface area (Å²) in [5.41, 5.74) is 1.95. The van der Waals surface area contributed by atoms with E-state index in [1.165, 1.54) is 0 Å². The lowest BCUT2D eigenvalue weighted by atomic mass is 10.2. The summed E-state index contributed by atoms with van der Waals surface area (Å²) in [5.74, 6) is 0.0853. The van der Waals surface area contributed by atoms with Gasteiger partial charge in [-0.05, 0) is 37.5 Å². The Hall–Kier alpha value is -0.350. The Kier molecular flexibility index (Phi) is 6.06. The minimum atomic E-state index is 0.0853. The number of unbranched alkanes of at least 4 members (excludes halogenated alkanes) is 1. The molecule has 1 rings (SSSR count). The number of hydrogen-bond donors (Lipinski definition) is 1. The minimum absolute atomic E-state index is 0.0853. The topological polar surface area (TPSA) is 29.1 Å². The van der Waals surface area contributed by atoms with Gasteiger partial charge in [0.1, 0.15) is 0 Å². The summed E-state index contributed by atoms with van der Waals surface area (Å²) in [6.07, 6.45) is 2.53. The fourth-order valence-electron chi connectivity index (χ4n) is 1.34. The van der Waals surface area contributed by atoms with Crippen LogP contribution in [0.25, 0.3) is 0 Å². The zero-order chi connectivity index (χ0) is 12.0. The fraction of sp³-hybridized carbons (Fsp3) is 0.417. The fourth-order valence-corrected chi connectivity index (χ4v) is 2.10. The van der Waals surface area contributed by atoms with Crippen molar-refractivity contribution < 1.29 is 4.79 Å². The summed E-state index contributed by atoms with van der Waals surface area (Å²) >= 11 is 6.79. The molecular formula is C12H15Br2NO. The number of rotatable bonds is 5. The summed E-state index contributed by atoms with van der Waals surface area (Å²) in [5, 5.41) is 3.88. The predicted octanol–water partition coefficient (Wildman–Crippen LogP) is 4.26. The standard InChI is InChI=1S/C12H15Br2NO/c1-9-10(14)5-4-6-11(9)15-12(16)7-2-3-8-13/h4-6H,2-3,7-8H2,1H3,(H,15,16). The molecule has 0 bridgehead atoms. The van der Waals surface area contributed by atoms with Crippen molar-refractivity contribution in [3.8, 4) is 0 Å². The zero-order valence-electron chi connectivity index (χ0n) is 9.22. The molecule has 0 aliphatic heterocycles. The Morgan fingerprint density at radius 2 is 2.12 bits per heavy atom. The van der Waals surface area contributed by atoms with Gasteiger partial charge in [-0.15, -0.1) is 0 Å². The van der Waals surface area contributed by atoms with Gasteiger partial charge in [0, 0.05) is 21.9 Å². The summed E-state index contributed by atoms with van der Waals surface area (Å²) in [4.78, 5) is 11.6. The molecular weight excluding hydrogens is 334 g/mol. The molecule has 1 aromatic rings. The Balaban J connectivity index is 2.53. The summed E-state index contributed by atoms with van der Waals surface area (Å²) in [6.45, 7) is 1.98. The summed E-state index contributed by atoms with van der Waals surface area (Å²) in [6, 6.07) is 5.81. The molecule has 4 heteroatoms. The highest BCUT2D eigenvalue weighted by Crippen LogP contribution is 2.23. The largest absolute Gasteiger partial charge is 0.326 e. The van der Waals surface area contributed by atoms with Gasteiger partial charge in [-0.3, -0.25) is 4.79 Å². The zero-order valence-corrected chi connectivity index (χ0v) is 12.4. The average Bonchev–Trinajstić information content (AvgIpc) is 2.25. The van der Waals surface area contributed by atoms with Crippen molar-refractivity contribution in [3.63, 3.8) is 0 Å². The third-order valence-electron chi connectivity index (χ3n) is 2.33. The molecule has 2 nitrogen and oxygen atoms in total. The van der Waals surface area contributed by atoms with Gasteiger partial charge in [0.25, 0.3) is 0 Å². The number of alkyl halides is 1. The lowest BCUT2D eigenvalue weighted by molar-refractivity contribution is -0.116. The lowest BCUT2D eigenvalue weighted by Crippen LogP contribution is -2.12. The molecule has 0 atom stereocenters. The maximum Gasteiger partial charge on any atom is 0.224 e. The number of amides is 1. The molecule has 0 aromatic heterocycles. The molecule has 0 aliphatic carbocycles. The van der Waals surface area contributed by atoms with E-state index in [1.807, 2.05) is 25.1 Å². The first-order valence-corrected chi connectivity index (χ1v) is 7.17. The Bertz CT molecular complexity index is 366. The van der Waals surface area contributed by atoms with E-state index in [0.29, 0.717) is 6.42 Å². The smallest absolute Gasteiger partial charge is 0.224 e. The maximum absolute atomic E-state index is 11.6. The van der Waals surface area contributed by atoms with Gasteiger partial charge in [-0.2, -0.15) is 0 Å². The van der Waals surface area contributed by atoms with Gasteiger partial charge in [0.05, 0.1) is 0 Å². The third kappa shape index (κ3) is 4.26.